The van der Waals surface area contributed by atoms with E-state index in [0.717, 1.165) is 34.2 Å². The molecule has 1 aliphatic heterocycles. The number of carboxylic acids is 1. The van der Waals surface area contributed by atoms with Crippen LogP contribution in [0, 0.1) is 16.7 Å². The van der Waals surface area contributed by atoms with Crippen molar-refractivity contribution >= 4 is 50.5 Å². The number of pyridine rings is 1. The van der Waals surface area contributed by atoms with Crippen LogP contribution in [0.4, 0.5) is 9.93 Å². The number of carbonyl (C=O) groups excluding carboxylic acids is 1. The van der Waals surface area contributed by atoms with Crippen molar-refractivity contribution in [3.63, 3.8) is 0 Å². The molecular weight excluding hydrogens is 562 g/mol. The quantitative estimate of drug-likeness (QED) is 0.209. The van der Waals surface area contributed by atoms with Gasteiger partial charge in [-0.3, -0.25) is 15.1 Å². The van der Waals surface area contributed by atoms with E-state index in [2.05, 4.69) is 39.3 Å². The first-order chi connectivity index (χ1) is 20.7. The number of thiazole rings is 1. The van der Waals surface area contributed by atoms with Crippen molar-refractivity contribution in [2.45, 2.75) is 52.9 Å². The van der Waals surface area contributed by atoms with Gasteiger partial charge in [0.05, 0.1) is 33.0 Å². The Bertz CT molecular complexity index is 1610. The topological polar surface area (TPSA) is 144 Å². The second-order valence-corrected chi connectivity index (χ2v) is 11.5. The molecule has 3 N–H and O–H groups in total. The molecule has 43 heavy (non-hydrogen) atoms. The predicted octanol–water partition coefficient (Wildman–Crippen LogP) is 6.67. The molecule has 3 aromatic rings. The smallest absolute Gasteiger partial charge is 0.321 e. The van der Waals surface area contributed by atoms with E-state index in [1.54, 1.807) is 24.5 Å². The van der Waals surface area contributed by atoms with Gasteiger partial charge in [-0.25, -0.2) is 14.8 Å². The zero-order valence-corrected chi connectivity index (χ0v) is 25.6. The standard InChI is InChI=1S/C32H37N7O3S/c1-5-8-23(20-36-21(4)39-14-11-32(10-6-2,12-15-39)29(40)41)24-17-25(26-16-22(19-33)9-13-35-26)28-27(18-24)37-31(43-28)38-30(42)34-7-3/h8-9,13,16-18,20H,4-7,10-12,14-15H2,1-3H3,(H,40,41)(H2,34,37,38,42)/b23-8+,36-20?. The molecule has 2 amide bonds. The molecule has 1 saturated heterocycles. The number of hydrogen-bond donors (Lipinski definition) is 3. The summed E-state index contributed by atoms with van der Waals surface area (Å²) in [5.41, 5.74) is 3.62. The number of hydrogen-bond acceptors (Lipinski definition) is 8. The van der Waals surface area contributed by atoms with E-state index in [1.807, 2.05) is 37.8 Å². The number of aromatic nitrogens is 2. The van der Waals surface area contributed by atoms with Gasteiger partial charge in [0.1, 0.15) is 5.82 Å². The van der Waals surface area contributed by atoms with Crippen LogP contribution in [0.25, 0.3) is 27.0 Å². The van der Waals surface area contributed by atoms with Crippen molar-refractivity contribution in [3.05, 3.63) is 60.1 Å². The summed E-state index contributed by atoms with van der Waals surface area (Å²) in [7, 11) is 0. The molecule has 0 atom stereocenters. The lowest BCUT2D eigenvalue weighted by Gasteiger charge is -2.39. The van der Waals surface area contributed by atoms with Crippen LogP contribution in [0.5, 0.6) is 0 Å². The normalized spacial score (nSPS) is 14.9. The van der Waals surface area contributed by atoms with Gasteiger partial charge in [-0.15, -0.1) is 0 Å². The van der Waals surface area contributed by atoms with E-state index < -0.39 is 11.4 Å². The maximum atomic E-state index is 12.2. The molecule has 10 nitrogen and oxygen atoms in total. The number of carboxylic acid groups (broad SMARTS) is 1. The van der Waals surface area contributed by atoms with Gasteiger partial charge < -0.3 is 15.3 Å². The van der Waals surface area contributed by atoms with Gasteiger partial charge in [-0.2, -0.15) is 5.26 Å². The first kappa shape index (κ1) is 31.4. The van der Waals surface area contributed by atoms with Crippen LogP contribution < -0.4 is 10.6 Å². The summed E-state index contributed by atoms with van der Waals surface area (Å²) >= 11 is 1.34. The Balaban J connectivity index is 1.67. The van der Waals surface area contributed by atoms with Crippen molar-refractivity contribution < 1.29 is 14.7 Å². The number of aliphatic carboxylic acids is 1. The van der Waals surface area contributed by atoms with Crippen LogP contribution in [0.3, 0.4) is 0 Å². The van der Waals surface area contributed by atoms with Gasteiger partial charge in [0.25, 0.3) is 0 Å². The molecule has 1 fully saturated rings. The number of allylic oxidation sites excluding steroid dienone is 2. The summed E-state index contributed by atoms with van der Waals surface area (Å²) in [6, 6.07) is 9.19. The number of nitrogens with one attached hydrogen (secondary N) is 2. The first-order valence-electron chi connectivity index (χ1n) is 14.5. The van der Waals surface area contributed by atoms with E-state index in [0.29, 0.717) is 66.6 Å². The monoisotopic (exact) mass is 599 g/mol. The average Bonchev–Trinajstić information content (AvgIpc) is 3.41. The second kappa shape index (κ2) is 14.1. The summed E-state index contributed by atoms with van der Waals surface area (Å²) < 4.78 is 0.831. The lowest BCUT2D eigenvalue weighted by Crippen LogP contribution is -2.43. The zero-order valence-electron chi connectivity index (χ0n) is 24.8. The van der Waals surface area contributed by atoms with Crippen molar-refractivity contribution in [2.75, 3.05) is 25.0 Å². The predicted molar refractivity (Wildman–Crippen MR) is 172 cm³/mol. The fourth-order valence-electron chi connectivity index (χ4n) is 5.33. The number of carbonyl (C=O) groups is 2. The number of nitrogens with zero attached hydrogens (tertiary/aromatic N) is 5. The van der Waals surface area contributed by atoms with Crippen molar-refractivity contribution in [2.24, 2.45) is 10.4 Å². The number of rotatable bonds is 11. The lowest BCUT2D eigenvalue weighted by atomic mass is 9.75. The van der Waals surface area contributed by atoms with Crippen molar-refractivity contribution in [3.8, 4) is 17.3 Å². The van der Waals surface area contributed by atoms with E-state index in [1.165, 1.54) is 11.3 Å². The van der Waals surface area contributed by atoms with E-state index in [4.69, 9.17) is 4.99 Å². The number of urea groups is 1. The van der Waals surface area contributed by atoms with Gasteiger partial charge in [0.2, 0.25) is 0 Å². The van der Waals surface area contributed by atoms with Gasteiger partial charge in [-0.1, -0.05) is 44.3 Å². The third kappa shape index (κ3) is 7.27. The molecule has 0 bridgehead atoms. The molecule has 0 spiro atoms. The van der Waals surface area contributed by atoms with Crippen molar-refractivity contribution in [1.29, 1.82) is 5.26 Å². The molecule has 0 saturated carbocycles. The number of likely N-dealkylation sites (tertiary alicyclic amines) is 1. The summed E-state index contributed by atoms with van der Waals surface area (Å²) in [5.74, 6) is -0.132. The Morgan fingerprint density at radius 2 is 2.02 bits per heavy atom. The third-order valence-corrected chi connectivity index (χ3v) is 8.61. The molecule has 3 heterocycles. The minimum atomic E-state index is -0.719. The fourth-order valence-corrected chi connectivity index (χ4v) is 6.29. The maximum absolute atomic E-state index is 12.2. The second-order valence-electron chi connectivity index (χ2n) is 10.5. The largest absolute Gasteiger partial charge is 0.481 e. The number of nitriles is 1. The number of anilines is 1. The molecule has 1 aromatic carbocycles. The van der Waals surface area contributed by atoms with Crippen molar-refractivity contribution in [1.82, 2.24) is 20.2 Å². The highest BCUT2D eigenvalue weighted by Gasteiger charge is 2.40. The first-order valence-corrected chi connectivity index (χ1v) is 15.3. The maximum Gasteiger partial charge on any atom is 0.321 e. The fraction of sp³-hybridized carbons (Fsp3) is 0.375. The van der Waals surface area contributed by atoms with E-state index in [9.17, 15) is 20.0 Å². The molecule has 0 radical (unpaired) electrons. The highest BCUT2D eigenvalue weighted by atomic mass is 32.1. The van der Waals surface area contributed by atoms with Crippen LogP contribution in [-0.2, 0) is 4.79 Å². The molecule has 0 unspecified atom stereocenters. The van der Waals surface area contributed by atoms with E-state index in [-0.39, 0.29) is 6.03 Å². The molecule has 0 aliphatic carbocycles. The van der Waals surface area contributed by atoms with Gasteiger partial charge in [-0.05, 0) is 68.0 Å². The number of aliphatic imine (C=N–C) groups is 1. The van der Waals surface area contributed by atoms with Crippen LogP contribution in [0.2, 0.25) is 0 Å². The Morgan fingerprint density at radius 1 is 1.26 bits per heavy atom. The molecule has 11 heteroatoms. The van der Waals surface area contributed by atoms with Crippen LogP contribution >= 0.6 is 11.3 Å². The molecule has 2 aromatic heterocycles. The summed E-state index contributed by atoms with van der Waals surface area (Å²) in [4.78, 5) is 40.2. The zero-order chi connectivity index (χ0) is 31.0. The SMILES string of the molecule is C=C(N=C/C(=C\CC)c1cc(-c2cc(C#N)ccn2)c2sc(NC(=O)NCC)nc2c1)N1CCC(CCC)(C(=O)O)CC1. The number of benzene rings is 1. The van der Waals surface area contributed by atoms with Gasteiger partial charge in [0.15, 0.2) is 5.13 Å². The summed E-state index contributed by atoms with van der Waals surface area (Å²) in [6.07, 6.45) is 8.83. The Labute approximate surface area is 255 Å². The molecule has 1 aliphatic rings. The Hall–Kier alpha value is -4.56. The highest BCUT2D eigenvalue weighted by Crippen LogP contribution is 2.39. The van der Waals surface area contributed by atoms with Gasteiger partial charge >= 0.3 is 12.0 Å². The number of piperidine rings is 1. The Kier molecular flexibility index (Phi) is 10.3. The summed E-state index contributed by atoms with van der Waals surface area (Å²) in [5, 5.41) is 25.3. The lowest BCUT2D eigenvalue weighted by molar-refractivity contribution is -0.152. The van der Waals surface area contributed by atoms with Gasteiger partial charge in [0, 0.05) is 37.6 Å². The minimum absolute atomic E-state index is 0.335. The van der Waals surface area contributed by atoms with Crippen LogP contribution in [0.15, 0.2) is 53.9 Å². The number of fused-ring (bicyclic) bond motifs is 1. The molecular formula is C32H37N7O3S. The third-order valence-electron chi connectivity index (χ3n) is 7.59. The number of amides is 2. The van der Waals surface area contributed by atoms with Crippen LogP contribution in [-0.4, -0.2) is 57.8 Å². The van der Waals surface area contributed by atoms with Crippen LogP contribution in [0.1, 0.15) is 64.0 Å². The van der Waals surface area contributed by atoms with E-state index >= 15 is 0 Å². The molecule has 4 rings (SSSR count). The molecule has 224 valence electrons. The minimum Gasteiger partial charge on any atom is -0.481 e. The average molecular weight is 600 g/mol. The Morgan fingerprint density at radius 3 is 2.67 bits per heavy atom. The summed E-state index contributed by atoms with van der Waals surface area (Å²) in [6.45, 7) is 11.8. The highest BCUT2D eigenvalue weighted by molar-refractivity contribution is 7.22.